The number of benzene rings is 3. The fraction of sp³-hybridized carbons (Fsp3) is 0.167. The lowest BCUT2D eigenvalue weighted by Crippen LogP contribution is -2.44. The number of amides is 1. The summed E-state index contributed by atoms with van der Waals surface area (Å²) in [6.45, 7) is 1.88. The van der Waals surface area contributed by atoms with Gasteiger partial charge in [0.2, 0.25) is 5.95 Å². The van der Waals surface area contributed by atoms with Crippen LogP contribution in [0.2, 0.25) is 0 Å². The van der Waals surface area contributed by atoms with Gasteiger partial charge < -0.3 is 15.5 Å². The van der Waals surface area contributed by atoms with Crippen molar-refractivity contribution in [3.05, 3.63) is 109 Å². The van der Waals surface area contributed by atoms with Crippen molar-refractivity contribution in [1.29, 1.82) is 0 Å². The number of hydrogen-bond acceptors (Lipinski definition) is 5. The molecule has 184 valence electrons. The number of carbonyl (C=O) groups excluding carboxylic acids is 1. The quantitative estimate of drug-likeness (QED) is 0.328. The SMILES string of the molecule is O=C(NC1CCN(c2ccccc2)CC1)c1ccc(-c2cccc3nc(Nc4ccccc4)nn23)cc1. The molecule has 2 N–H and O–H groups in total. The molecule has 5 aromatic rings. The number of para-hydroxylation sites is 2. The van der Waals surface area contributed by atoms with E-state index in [9.17, 15) is 4.79 Å². The van der Waals surface area contributed by atoms with Crippen LogP contribution in [0.4, 0.5) is 17.3 Å². The van der Waals surface area contributed by atoms with Crippen LogP contribution in [-0.4, -0.2) is 39.6 Å². The number of aromatic nitrogens is 3. The predicted octanol–water partition coefficient (Wildman–Crippen LogP) is 5.54. The number of carbonyl (C=O) groups is 1. The molecule has 1 fully saturated rings. The van der Waals surface area contributed by atoms with Crippen LogP contribution in [0.3, 0.4) is 0 Å². The van der Waals surface area contributed by atoms with Crippen LogP contribution in [0.1, 0.15) is 23.2 Å². The maximum Gasteiger partial charge on any atom is 0.251 e. The Hall–Kier alpha value is -4.65. The largest absolute Gasteiger partial charge is 0.371 e. The summed E-state index contributed by atoms with van der Waals surface area (Å²) in [6, 6.07) is 34.1. The first-order chi connectivity index (χ1) is 18.2. The Kier molecular flexibility index (Phi) is 6.25. The molecule has 1 saturated heterocycles. The van der Waals surface area contributed by atoms with Gasteiger partial charge in [0.25, 0.3) is 5.91 Å². The van der Waals surface area contributed by atoms with Gasteiger partial charge >= 0.3 is 0 Å². The molecular formula is C30H28N6O. The second kappa shape index (κ2) is 10.1. The van der Waals surface area contributed by atoms with Gasteiger partial charge in [0, 0.05) is 41.6 Å². The Bertz CT molecular complexity index is 1490. The number of fused-ring (bicyclic) bond motifs is 1. The van der Waals surface area contributed by atoms with E-state index in [1.165, 1.54) is 5.69 Å². The van der Waals surface area contributed by atoms with Crippen LogP contribution >= 0.6 is 0 Å². The minimum atomic E-state index is -0.0296. The van der Waals surface area contributed by atoms with Crippen molar-refractivity contribution in [3.8, 4) is 11.3 Å². The van der Waals surface area contributed by atoms with E-state index in [0.29, 0.717) is 11.5 Å². The molecule has 7 nitrogen and oxygen atoms in total. The lowest BCUT2D eigenvalue weighted by atomic mass is 10.0. The van der Waals surface area contributed by atoms with Crippen LogP contribution in [0.5, 0.6) is 0 Å². The van der Waals surface area contributed by atoms with Crippen LogP contribution in [0.25, 0.3) is 16.9 Å². The van der Waals surface area contributed by atoms with E-state index >= 15 is 0 Å². The van der Waals surface area contributed by atoms with Gasteiger partial charge in [-0.1, -0.05) is 54.6 Å². The van der Waals surface area contributed by atoms with Crippen LogP contribution in [0, 0.1) is 0 Å². The molecule has 3 heterocycles. The van der Waals surface area contributed by atoms with Crippen LogP contribution in [0.15, 0.2) is 103 Å². The van der Waals surface area contributed by atoms with E-state index < -0.39 is 0 Å². The van der Waals surface area contributed by atoms with Gasteiger partial charge in [0.15, 0.2) is 5.65 Å². The van der Waals surface area contributed by atoms with E-state index in [4.69, 9.17) is 0 Å². The Morgan fingerprint density at radius 3 is 2.22 bits per heavy atom. The normalized spacial score (nSPS) is 14.0. The second-order valence-corrected chi connectivity index (χ2v) is 9.26. The zero-order valence-electron chi connectivity index (χ0n) is 20.4. The first-order valence-corrected chi connectivity index (χ1v) is 12.6. The van der Waals surface area contributed by atoms with Crippen molar-refractivity contribution in [2.24, 2.45) is 0 Å². The minimum Gasteiger partial charge on any atom is -0.371 e. The van der Waals surface area contributed by atoms with Gasteiger partial charge in [-0.2, -0.15) is 4.98 Å². The number of pyridine rings is 1. The fourth-order valence-electron chi connectivity index (χ4n) is 4.81. The molecule has 1 aliphatic heterocycles. The fourth-order valence-corrected chi connectivity index (χ4v) is 4.81. The molecule has 0 spiro atoms. The monoisotopic (exact) mass is 488 g/mol. The summed E-state index contributed by atoms with van der Waals surface area (Å²) in [5.41, 5.74) is 5.46. The van der Waals surface area contributed by atoms with Crippen molar-refractivity contribution in [1.82, 2.24) is 19.9 Å². The molecule has 0 radical (unpaired) electrons. The molecule has 7 heteroatoms. The highest BCUT2D eigenvalue weighted by molar-refractivity contribution is 5.94. The Morgan fingerprint density at radius 2 is 1.49 bits per heavy atom. The van der Waals surface area contributed by atoms with Crippen molar-refractivity contribution in [2.45, 2.75) is 18.9 Å². The van der Waals surface area contributed by atoms with Gasteiger partial charge in [0.05, 0.1) is 5.69 Å². The summed E-state index contributed by atoms with van der Waals surface area (Å²) in [7, 11) is 0. The Morgan fingerprint density at radius 1 is 0.784 bits per heavy atom. The first-order valence-electron chi connectivity index (χ1n) is 12.6. The Labute approximate surface area is 215 Å². The molecule has 2 aromatic heterocycles. The van der Waals surface area contributed by atoms with Gasteiger partial charge in [-0.15, -0.1) is 5.10 Å². The van der Waals surface area contributed by atoms with E-state index in [0.717, 1.165) is 48.5 Å². The summed E-state index contributed by atoms with van der Waals surface area (Å²) in [4.78, 5) is 19.9. The topological polar surface area (TPSA) is 74.6 Å². The van der Waals surface area contributed by atoms with Crippen molar-refractivity contribution >= 4 is 28.9 Å². The number of hydrogen-bond donors (Lipinski definition) is 2. The second-order valence-electron chi connectivity index (χ2n) is 9.26. The summed E-state index contributed by atoms with van der Waals surface area (Å²) in [5, 5.41) is 11.1. The molecule has 0 atom stereocenters. The van der Waals surface area contributed by atoms with E-state index in [1.54, 1.807) is 0 Å². The van der Waals surface area contributed by atoms with Gasteiger partial charge in [-0.25, -0.2) is 4.52 Å². The maximum absolute atomic E-state index is 12.9. The van der Waals surface area contributed by atoms with Crippen molar-refractivity contribution < 1.29 is 4.79 Å². The number of piperidine rings is 1. The van der Waals surface area contributed by atoms with Crippen LogP contribution in [-0.2, 0) is 0 Å². The summed E-state index contributed by atoms with van der Waals surface area (Å²) in [6.07, 6.45) is 1.87. The minimum absolute atomic E-state index is 0.0296. The van der Waals surface area contributed by atoms with Crippen molar-refractivity contribution in [2.75, 3.05) is 23.3 Å². The molecule has 0 bridgehead atoms. The average molecular weight is 489 g/mol. The highest BCUT2D eigenvalue weighted by Gasteiger charge is 2.21. The molecule has 1 aliphatic rings. The molecule has 0 saturated carbocycles. The van der Waals surface area contributed by atoms with Gasteiger partial charge in [0.1, 0.15) is 0 Å². The highest BCUT2D eigenvalue weighted by Crippen LogP contribution is 2.23. The molecule has 0 unspecified atom stereocenters. The number of nitrogens with one attached hydrogen (secondary N) is 2. The zero-order valence-corrected chi connectivity index (χ0v) is 20.4. The molecule has 6 rings (SSSR count). The summed E-state index contributed by atoms with van der Waals surface area (Å²) >= 11 is 0. The average Bonchev–Trinajstić information content (AvgIpc) is 3.37. The van der Waals surface area contributed by atoms with E-state index in [-0.39, 0.29) is 11.9 Å². The number of anilines is 3. The van der Waals surface area contributed by atoms with Crippen molar-refractivity contribution in [3.63, 3.8) is 0 Å². The molecule has 3 aromatic carbocycles. The summed E-state index contributed by atoms with van der Waals surface area (Å²) < 4.78 is 1.82. The van der Waals surface area contributed by atoms with E-state index in [1.807, 2.05) is 83.4 Å². The smallest absolute Gasteiger partial charge is 0.251 e. The molecular weight excluding hydrogens is 460 g/mol. The molecule has 37 heavy (non-hydrogen) atoms. The third-order valence-electron chi connectivity index (χ3n) is 6.78. The van der Waals surface area contributed by atoms with Crippen LogP contribution < -0.4 is 15.5 Å². The molecule has 1 amide bonds. The number of nitrogens with zero attached hydrogens (tertiary/aromatic N) is 4. The van der Waals surface area contributed by atoms with Gasteiger partial charge in [-0.05, 0) is 61.4 Å². The van der Waals surface area contributed by atoms with Gasteiger partial charge in [-0.3, -0.25) is 4.79 Å². The first kappa shape index (κ1) is 22.8. The third-order valence-corrected chi connectivity index (χ3v) is 6.78. The standard InChI is InChI=1S/C30H28N6O/c37-29(31-25-18-20-35(21-19-25)26-10-5-2-6-11-26)23-16-14-22(15-17-23)27-12-7-13-28-33-30(34-36(27)28)32-24-8-3-1-4-9-24/h1-17,25H,18-21H2,(H,31,37)(H,32,34). The third kappa shape index (κ3) is 5.02. The molecule has 0 aliphatic carbocycles. The summed E-state index contributed by atoms with van der Waals surface area (Å²) in [5.74, 6) is 0.506. The van der Waals surface area contributed by atoms with E-state index in [2.05, 4.69) is 49.9 Å². The maximum atomic E-state index is 12.9. The zero-order chi connectivity index (χ0) is 25.0. The lowest BCUT2D eigenvalue weighted by Gasteiger charge is -2.34. The number of rotatable bonds is 6. The predicted molar refractivity (Wildman–Crippen MR) is 147 cm³/mol. The Balaban J connectivity index is 1.12. The highest BCUT2D eigenvalue weighted by atomic mass is 16.1. The lowest BCUT2D eigenvalue weighted by molar-refractivity contribution is 0.0931.